The smallest absolute Gasteiger partial charge is 0.00669 e. The minimum atomic E-state index is 1.36. The second kappa shape index (κ2) is 4.33. The van der Waals surface area contributed by atoms with Gasteiger partial charge in [0.15, 0.2) is 0 Å². The molecule has 0 N–H and O–H groups in total. The van der Waals surface area contributed by atoms with Gasteiger partial charge < -0.3 is 0 Å². The Morgan fingerprint density at radius 2 is 1.05 bits per heavy atom. The average Bonchev–Trinajstić information content (AvgIpc) is 2.53. The molecule has 0 aromatic heterocycles. The second-order valence-corrected chi connectivity index (χ2v) is 5.96. The van der Waals surface area contributed by atoms with E-state index in [1.54, 1.807) is 0 Å². The van der Waals surface area contributed by atoms with Gasteiger partial charge >= 0.3 is 0 Å². The van der Waals surface area contributed by atoms with Gasteiger partial charge in [0.05, 0.1) is 0 Å². The van der Waals surface area contributed by atoms with E-state index in [-0.39, 0.29) is 0 Å². The number of hydrogen-bond acceptors (Lipinski definition) is 0. The summed E-state index contributed by atoms with van der Waals surface area (Å²) in [5.41, 5.74) is 4.14. The zero-order valence-corrected chi connectivity index (χ0v) is 12.7. The summed E-state index contributed by atoms with van der Waals surface area (Å²) in [6.45, 7) is 6.72. The molecule has 0 nitrogen and oxygen atoms in total. The van der Waals surface area contributed by atoms with Crippen molar-refractivity contribution in [3.63, 3.8) is 0 Å². The van der Waals surface area contributed by atoms with E-state index in [1.807, 2.05) is 0 Å². The zero-order valence-electron chi connectivity index (χ0n) is 12.7. The molecule has 0 aliphatic rings. The molecule has 0 bridgehead atoms. The Hall–Kier alpha value is -2.34. The molecule has 0 fully saturated rings. The van der Waals surface area contributed by atoms with Crippen LogP contribution < -0.4 is 0 Å². The first-order chi connectivity index (χ1) is 10.2. The van der Waals surface area contributed by atoms with Crippen molar-refractivity contribution >= 4 is 32.3 Å². The Balaban J connectivity index is 2.40. The molecule has 21 heavy (non-hydrogen) atoms. The topological polar surface area (TPSA) is 0 Å². The van der Waals surface area contributed by atoms with Crippen molar-refractivity contribution in [2.24, 2.45) is 0 Å². The molecule has 0 amide bonds. The van der Waals surface area contributed by atoms with Crippen molar-refractivity contribution < 1.29 is 0 Å². The van der Waals surface area contributed by atoms with E-state index in [0.717, 1.165) is 0 Å². The summed E-state index contributed by atoms with van der Waals surface area (Å²) in [7, 11) is 0. The summed E-state index contributed by atoms with van der Waals surface area (Å²) in [6, 6.07) is 19.9. The predicted octanol–water partition coefficient (Wildman–Crippen LogP) is 6.07. The molecule has 0 unspecified atom stereocenters. The number of benzene rings is 4. The third kappa shape index (κ3) is 1.62. The van der Waals surface area contributed by atoms with Gasteiger partial charge in [0, 0.05) is 0 Å². The van der Waals surface area contributed by atoms with Gasteiger partial charge in [-0.3, -0.25) is 0 Å². The monoisotopic (exact) mass is 270 g/mol. The van der Waals surface area contributed by atoms with Crippen LogP contribution in [-0.2, 0) is 0 Å². The molecule has 102 valence electrons. The molecular formula is C21H18. The first-order valence-corrected chi connectivity index (χ1v) is 7.48. The van der Waals surface area contributed by atoms with Crippen molar-refractivity contribution in [2.75, 3.05) is 0 Å². The quantitative estimate of drug-likeness (QED) is 0.268. The van der Waals surface area contributed by atoms with Gasteiger partial charge in [-0.1, -0.05) is 54.6 Å². The van der Waals surface area contributed by atoms with E-state index in [0.29, 0.717) is 0 Å². The van der Waals surface area contributed by atoms with E-state index >= 15 is 0 Å². The molecule has 0 saturated carbocycles. The average molecular weight is 270 g/mol. The van der Waals surface area contributed by atoms with Crippen LogP contribution in [-0.4, -0.2) is 0 Å². The van der Waals surface area contributed by atoms with E-state index in [1.165, 1.54) is 49.0 Å². The first kappa shape index (κ1) is 12.4. The Kier molecular flexibility index (Phi) is 2.56. The molecule has 0 atom stereocenters. The molecule has 0 radical (unpaired) electrons. The highest BCUT2D eigenvalue weighted by Crippen LogP contribution is 2.37. The Labute approximate surface area is 125 Å². The molecule has 4 aromatic carbocycles. The number of hydrogen-bond donors (Lipinski definition) is 0. The lowest BCUT2D eigenvalue weighted by Gasteiger charge is -2.15. The van der Waals surface area contributed by atoms with E-state index in [2.05, 4.69) is 75.4 Å². The Morgan fingerprint density at radius 1 is 0.524 bits per heavy atom. The number of fused-ring (bicyclic) bond motifs is 4. The van der Waals surface area contributed by atoms with Crippen molar-refractivity contribution in [3.8, 4) is 0 Å². The summed E-state index contributed by atoms with van der Waals surface area (Å²) in [5.74, 6) is 0. The highest BCUT2D eigenvalue weighted by atomic mass is 14.2. The van der Waals surface area contributed by atoms with Gasteiger partial charge in [-0.2, -0.15) is 0 Å². The highest BCUT2D eigenvalue weighted by molar-refractivity contribution is 6.17. The minimum absolute atomic E-state index is 1.36. The molecule has 0 spiro atoms. The SMILES string of the molecule is Cc1cc2c(C)c3ccccc3c(C)c2c2ccccc12. The van der Waals surface area contributed by atoms with Crippen LogP contribution in [0.2, 0.25) is 0 Å². The summed E-state index contributed by atoms with van der Waals surface area (Å²) >= 11 is 0. The maximum atomic E-state index is 2.35. The lowest BCUT2D eigenvalue weighted by Crippen LogP contribution is -1.91. The van der Waals surface area contributed by atoms with E-state index in [9.17, 15) is 0 Å². The molecular weight excluding hydrogens is 252 g/mol. The summed E-state index contributed by atoms with van der Waals surface area (Å²) < 4.78 is 0. The molecule has 0 heterocycles. The molecule has 0 aliphatic heterocycles. The van der Waals surface area contributed by atoms with Crippen molar-refractivity contribution in [1.29, 1.82) is 0 Å². The van der Waals surface area contributed by atoms with Crippen LogP contribution in [0.4, 0.5) is 0 Å². The van der Waals surface area contributed by atoms with Crippen LogP contribution in [0.5, 0.6) is 0 Å². The van der Waals surface area contributed by atoms with Crippen LogP contribution in [0, 0.1) is 20.8 Å². The number of rotatable bonds is 0. The fourth-order valence-electron chi connectivity index (χ4n) is 3.67. The van der Waals surface area contributed by atoms with Crippen molar-refractivity contribution in [3.05, 3.63) is 71.3 Å². The summed E-state index contributed by atoms with van der Waals surface area (Å²) in [5, 5.41) is 8.28. The van der Waals surface area contributed by atoms with E-state index in [4.69, 9.17) is 0 Å². The Bertz CT molecular complexity index is 1010. The van der Waals surface area contributed by atoms with Crippen LogP contribution in [0.1, 0.15) is 16.7 Å². The second-order valence-electron chi connectivity index (χ2n) is 5.96. The zero-order chi connectivity index (χ0) is 14.6. The fourth-order valence-corrected chi connectivity index (χ4v) is 3.67. The van der Waals surface area contributed by atoms with Gasteiger partial charge in [-0.15, -0.1) is 0 Å². The highest BCUT2D eigenvalue weighted by Gasteiger charge is 2.12. The number of aryl methyl sites for hydroxylation is 3. The standard InChI is InChI=1S/C21H18/c1-13-12-20-14(2)17-9-5-6-10-18(17)15(3)21(20)19-11-7-4-8-16(13)19/h4-12H,1-3H3. The molecule has 0 heteroatoms. The molecule has 0 saturated heterocycles. The van der Waals surface area contributed by atoms with Crippen molar-refractivity contribution in [1.82, 2.24) is 0 Å². The lowest BCUT2D eigenvalue weighted by molar-refractivity contribution is 1.50. The molecule has 4 rings (SSSR count). The van der Waals surface area contributed by atoms with Crippen LogP contribution in [0.3, 0.4) is 0 Å². The molecule has 0 aliphatic carbocycles. The molecule has 4 aromatic rings. The summed E-state index contributed by atoms with van der Waals surface area (Å²) in [4.78, 5) is 0. The van der Waals surface area contributed by atoms with Gasteiger partial charge in [-0.05, 0) is 69.8 Å². The van der Waals surface area contributed by atoms with Crippen LogP contribution in [0.25, 0.3) is 32.3 Å². The van der Waals surface area contributed by atoms with E-state index < -0.39 is 0 Å². The maximum Gasteiger partial charge on any atom is -0.00669 e. The maximum absolute atomic E-state index is 2.35. The van der Waals surface area contributed by atoms with Crippen molar-refractivity contribution in [2.45, 2.75) is 20.8 Å². The lowest BCUT2D eigenvalue weighted by atomic mass is 9.88. The van der Waals surface area contributed by atoms with Gasteiger partial charge in [0.1, 0.15) is 0 Å². The largest absolute Gasteiger partial charge is 0.0616 e. The third-order valence-electron chi connectivity index (χ3n) is 4.77. The third-order valence-corrected chi connectivity index (χ3v) is 4.77. The van der Waals surface area contributed by atoms with Gasteiger partial charge in [-0.25, -0.2) is 0 Å². The van der Waals surface area contributed by atoms with Crippen LogP contribution >= 0.6 is 0 Å². The van der Waals surface area contributed by atoms with Crippen LogP contribution in [0.15, 0.2) is 54.6 Å². The van der Waals surface area contributed by atoms with Gasteiger partial charge in [0.2, 0.25) is 0 Å². The first-order valence-electron chi connectivity index (χ1n) is 7.48. The predicted molar refractivity (Wildman–Crippen MR) is 93.2 cm³/mol. The normalized spacial score (nSPS) is 11.6. The summed E-state index contributed by atoms with van der Waals surface area (Å²) in [6.07, 6.45) is 0. The Morgan fingerprint density at radius 3 is 1.71 bits per heavy atom. The minimum Gasteiger partial charge on any atom is -0.0616 e. The van der Waals surface area contributed by atoms with Gasteiger partial charge in [0.25, 0.3) is 0 Å². The fraction of sp³-hybridized carbons (Fsp3) is 0.143.